The molecule has 1 fully saturated rings. The first-order chi connectivity index (χ1) is 13.7. The molecule has 0 spiro atoms. The predicted molar refractivity (Wildman–Crippen MR) is 96.8 cm³/mol. The Hall–Kier alpha value is -2.82. The van der Waals surface area contributed by atoms with E-state index in [0.717, 1.165) is 5.82 Å². The van der Waals surface area contributed by atoms with Crippen LogP contribution in [0.1, 0.15) is 36.4 Å². The van der Waals surface area contributed by atoms with E-state index in [0.29, 0.717) is 31.7 Å². The smallest absolute Gasteiger partial charge is 0.422 e. The number of pyridine rings is 1. The number of alkyl halides is 3. The lowest BCUT2D eigenvalue weighted by molar-refractivity contribution is -0.267. The highest BCUT2D eigenvalue weighted by molar-refractivity contribution is 5.94. The van der Waals surface area contributed by atoms with Crippen LogP contribution in [-0.4, -0.2) is 52.6 Å². The SMILES string of the molecule is COc1ccnc(N2CCC(c3n[nH]c4c3C(O)(C(F)(F)F)CC(=O)N4)CC2)c1. The van der Waals surface area contributed by atoms with E-state index in [4.69, 9.17) is 4.74 Å². The van der Waals surface area contributed by atoms with E-state index < -0.39 is 24.1 Å². The number of nitrogens with one attached hydrogen (secondary N) is 2. The Balaban J connectivity index is 1.58. The number of aromatic amines is 1. The van der Waals surface area contributed by atoms with Crippen LogP contribution in [0.25, 0.3) is 0 Å². The lowest BCUT2D eigenvalue weighted by atomic mass is 9.81. The number of amides is 1. The molecular weight excluding hydrogens is 391 g/mol. The van der Waals surface area contributed by atoms with Crippen LogP contribution >= 0.6 is 0 Å². The third kappa shape index (κ3) is 3.28. The molecule has 8 nitrogen and oxygen atoms in total. The molecule has 2 aromatic heterocycles. The number of hydrogen-bond acceptors (Lipinski definition) is 6. The Morgan fingerprint density at radius 2 is 2.07 bits per heavy atom. The van der Waals surface area contributed by atoms with Crippen molar-refractivity contribution < 1.29 is 27.8 Å². The second-order valence-corrected chi connectivity index (χ2v) is 7.26. The van der Waals surface area contributed by atoms with Crippen LogP contribution in [0.15, 0.2) is 18.3 Å². The standard InChI is InChI=1S/C18H20F3N5O3/c1-29-11-2-5-22-12(8-11)26-6-3-10(4-7-26)15-14-16(25-24-15)23-13(27)9-17(14,28)18(19,20)21/h2,5,8,10,28H,3-4,6-7,9H2,1H3,(H2,23,24,25,27). The number of carbonyl (C=O) groups is 1. The number of nitrogens with zero attached hydrogens (tertiary/aromatic N) is 3. The highest BCUT2D eigenvalue weighted by Gasteiger charge is 2.61. The van der Waals surface area contributed by atoms with Gasteiger partial charge in [-0.3, -0.25) is 9.89 Å². The highest BCUT2D eigenvalue weighted by atomic mass is 19.4. The number of carbonyl (C=O) groups excluding carboxylic acids is 1. The number of fused-ring (bicyclic) bond motifs is 1. The van der Waals surface area contributed by atoms with Crippen LogP contribution in [0.3, 0.4) is 0 Å². The third-order valence-electron chi connectivity index (χ3n) is 5.52. The molecule has 2 aromatic rings. The summed E-state index contributed by atoms with van der Waals surface area (Å²) in [4.78, 5) is 18.0. The summed E-state index contributed by atoms with van der Waals surface area (Å²) >= 11 is 0. The van der Waals surface area contributed by atoms with E-state index in [9.17, 15) is 23.1 Å². The number of aliphatic hydroxyl groups is 1. The fraction of sp³-hybridized carbons (Fsp3) is 0.500. The minimum Gasteiger partial charge on any atom is -0.497 e. The van der Waals surface area contributed by atoms with Crippen LogP contribution < -0.4 is 15.0 Å². The fourth-order valence-electron chi connectivity index (χ4n) is 3.99. The summed E-state index contributed by atoms with van der Waals surface area (Å²) in [7, 11) is 1.56. The molecule has 2 aliphatic rings. The molecule has 1 amide bonds. The van der Waals surface area contributed by atoms with Crippen LogP contribution in [-0.2, 0) is 10.4 Å². The van der Waals surface area contributed by atoms with Gasteiger partial charge in [0.1, 0.15) is 17.4 Å². The number of H-pyrrole nitrogens is 1. The number of piperidine rings is 1. The number of rotatable bonds is 3. The summed E-state index contributed by atoms with van der Waals surface area (Å²) in [6.45, 7) is 1.12. The molecule has 1 saturated heterocycles. The van der Waals surface area contributed by atoms with Crippen molar-refractivity contribution in [1.29, 1.82) is 0 Å². The zero-order chi connectivity index (χ0) is 20.8. The molecule has 29 heavy (non-hydrogen) atoms. The molecule has 2 aliphatic heterocycles. The lowest BCUT2D eigenvalue weighted by Gasteiger charge is -2.36. The Morgan fingerprint density at radius 3 is 2.72 bits per heavy atom. The molecule has 0 aliphatic carbocycles. The Labute approximate surface area is 164 Å². The van der Waals surface area contributed by atoms with Gasteiger partial charge in [-0.25, -0.2) is 4.98 Å². The van der Waals surface area contributed by atoms with Crippen molar-refractivity contribution >= 4 is 17.5 Å². The van der Waals surface area contributed by atoms with E-state index in [2.05, 4.69) is 20.5 Å². The first-order valence-corrected chi connectivity index (χ1v) is 9.15. The molecule has 1 unspecified atom stereocenters. The topological polar surface area (TPSA) is 103 Å². The van der Waals surface area contributed by atoms with Crippen LogP contribution in [0, 0.1) is 0 Å². The zero-order valence-corrected chi connectivity index (χ0v) is 15.6. The Morgan fingerprint density at radius 1 is 1.34 bits per heavy atom. The minimum absolute atomic E-state index is 0.151. The maximum absolute atomic E-state index is 13.7. The van der Waals surface area contributed by atoms with Crippen molar-refractivity contribution in [2.45, 2.75) is 37.0 Å². The summed E-state index contributed by atoms with van der Waals surface area (Å²) in [5, 5.41) is 19.3. The molecular formula is C18H20F3N5O3. The van der Waals surface area contributed by atoms with Crippen LogP contribution in [0.4, 0.5) is 24.8 Å². The first-order valence-electron chi connectivity index (χ1n) is 9.15. The van der Waals surface area contributed by atoms with E-state index in [-0.39, 0.29) is 23.0 Å². The summed E-state index contributed by atoms with van der Waals surface area (Å²) in [5.41, 5.74) is -3.47. The summed E-state index contributed by atoms with van der Waals surface area (Å²) in [6.07, 6.45) is -3.39. The zero-order valence-electron chi connectivity index (χ0n) is 15.6. The molecule has 0 aromatic carbocycles. The minimum atomic E-state index is -5.00. The highest BCUT2D eigenvalue weighted by Crippen LogP contribution is 2.49. The summed E-state index contributed by atoms with van der Waals surface area (Å²) in [6, 6.07) is 3.53. The maximum Gasteiger partial charge on any atom is 0.422 e. The number of ether oxygens (including phenoxy) is 1. The Kier molecular flexibility index (Phi) is 4.64. The lowest BCUT2D eigenvalue weighted by Crippen LogP contribution is -2.48. The molecule has 4 rings (SSSR count). The van der Waals surface area contributed by atoms with Gasteiger partial charge in [-0.2, -0.15) is 18.3 Å². The van der Waals surface area contributed by atoms with Gasteiger partial charge in [-0.1, -0.05) is 0 Å². The second kappa shape index (κ2) is 6.90. The van der Waals surface area contributed by atoms with Crippen molar-refractivity contribution in [3.8, 4) is 5.75 Å². The van der Waals surface area contributed by atoms with E-state index in [1.807, 2.05) is 4.90 Å². The molecule has 11 heteroatoms. The summed E-state index contributed by atoms with van der Waals surface area (Å²) < 4.78 is 46.2. The van der Waals surface area contributed by atoms with E-state index in [1.54, 1.807) is 25.4 Å². The van der Waals surface area contributed by atoms with Gasteiger partial charge in [-0.15, -0.1) is 0 Å². The number of hydrogen-bond donors (Lipinski definition) is 3. The van der Waals surface area contributed by atoms with Crippen LogP contribution in [0.5, 0.6) is 5.75 Å². The average molecular weight is 411 g/mol. The number of anilines is 2. The van der Waals surface area contributed by atoms with Gasteiger partial charge < -0.3 is 20.1 Å². The van der Waals surface area contributed by atoms with Gasteiger partial charge in [0.25, 0.3) is 0 Å². The van der Waals surface area contributed by atoms with Crippen LogP contribution in [0.2, 0.25) is 0 Å². The fourth-order valence-corrected chi connectivity index (χ4v) is 3.99. The molecule has 0 radical (unpaired) electrons. The van der Waals surface area contributed by atoms with Crippen molar-refractivity contribution in [1.82, 2.24) is 15.2 Å². The molecule has 156 valence electrons. The quantitative estimate of drug-likeness (QED) is 0.716. The second-order valence-electron chi connectivity index (χ2n) is 7.26. The first kappa shape index (κ1) is 19.5. The molecule has 0 saturated carbocycles. The average Bonchev–Trinajstić information content (AvgIpc) is 3.11. The summed E-state index contributed by atoms with van der Waals surface area (Å²) in [5.74, 6) is 0.00976. The van der Waals surface area contributed by atoms with Gasteiger partial charge in [0.15, 0.2) is 5.60 Å². The van der Waals surface area contributed by atoms with Crippen molar-refractivity contribution in [3.05, 3.63) is 29.6 Å². The predicted octanol–water partition coefficient (Wildman–Crippen LogP) is 2.29. The molecule has 4 heterocycles. The largest absolute Gasteiger partial charge is 0.497 e. The van der Waals surface area contributed by atoms with Crippen molar-refractivity contribution in [2.24, 2.45) is 0 Å². The van der Waals surface area contributed by atoms with Gasteiger partial charge in [0.05, 0.1) is 24.8 Å². The van der Waals surface area contributed by atoms with E-state index >= 15 is 0 Å². The molecule has 1 atom stereocenters. The van der Waals surface area contributed by atoms with Gasteiger partial charge >= 0.3 is 6.18 Å². The number of methoxy groups -OCH3 is 1. The number of aromatic nitrogens is 3. The van der Waals surface area contributed by atoms with Crippen molar-refractivity contribution in [3.63, 3.8) is 0 Å². The Bertz CT molecular complexity index is 924. The van der Waals surface area contributed by atoms with E-state index in [1.165, 1.54) is 0 Å². The monoisotopic (exact) mass is 411 g/mol. The normalized spacial score (nSPS) is 22.9. The molecule has 3 N–H and O–H groups in total. The third-order valence-corrected chi connectivity index (χ3v) is 5.52. The van der Waals surface area contributed by atoms with Gasteiger partial charge in [0, 0.05) is 31.3 Å². The van der Waals surface area contributed by atoms with Gasteiger partial charge in [-0.05, 0) is 18.9 Å². The van der Waals surface area contributed by atoms with Crippen molar-refractivity contribution in [2.75, 3.05) is 30.4 Å². The maximum atomic E-state index is 13.7. The molecule has 0 bridgehead atoms. The number of halogens is 3. The van der Waals surface area contributed by atoms with Gasteiger partial charge in [0.2, 0.25) is 5.91 Å².